The number of amides is 1. The molecule has 0 unspecified atom stereocenters. The average molecular weight is 710 g/mol. The summed E-state index contributed by atoms with van der Waals surface area (Å²) in [6.07, 6.45) is 3.67. The molecule has 2 aromatic carbocycles. The maximum atomic E-state index is 14.7. The van der Waals surface area contributed by atoms with Crippen molar-refractivity contribution in [2.24, 2.45) is 4.99 Å². The van der Waals surface area contributed by atoms with Crippen LogP contribution in [-0.2, 0) is 19.4 Å². The summed E-state index contributed by atoms with van der Waals surface area (Å²) in [5.74, 6) is 0.234. The number of amidine groups is 1. The van der Waals surface area contributed by atoms with Gasteiger partial charge in [-0.1, -0.05) is 25.1 Å². The molecule has 3 aliphatic heterocycles. The summed E-state index contributed by atoms with van der Waals surface area (Å²) in [6, 6.07) is 5.47. The van der Waals surface area contributed by atoms with E-state index in [1.54, 1.807) is 13.1 Å². The van der Waals surface area contributed by atoms with Gasteiger partial charge >= 0.3 is 0 Å². The van der Waals surface area contributed by atoms with E-state index in [0.717, 1.165) is 51.6 Å². The van der Waals surface area contributed by atoms with E-state index < -0.39 is 21.5 Å². The molecule has 0 spiro atoms. The zero-order valence-corrected chi connectivity index (χ0v) is 29.9. The molecule has 2 atom stereocenters. The van der Waals surface area contributed by atoms with E-state index >= 15 is 0 Å². The number of aliphatic imine (C=N–C) groups is 1. The van der Waals surface area contributed by atoms with Gasteiger partial charge in [-0.3, -0.25) is 19.5 Å². The summed E-state index contributed by atoms with van der Waals surface area (Å²) in [4.78, 5) is 33.9. The number of allylic oxidation sites excluding steroid dienone is 1. The van der Waals surface area contributed by atoms with Crippen molar-refractivity contribution in [1.82, 2.24) is 14.7 Å². The van der Waals surface area contributed by atoms with Crippen molar-refractivity contribution in [2.45, 2.75) is 39.3 Å². The fourth-order valence-corrected chi connectivity index (χ4v) is 7.48. The Morgan fingerprint density at radius 1 is 1.10 bits per heavy atom. The first-order valence-corrected chi connectivity index (χ1v) is 18.1. The number of piperazine rings is 1. The second-order valence-corrected chi connectivity index (χ2v) is 14.6. The number of carbonyl (C=O) groups is 2. The number of likely N-dealkylation sites (N-methyl/N-ethyl adjacent to an activating group) is 1. The first-order valence-electron chi connectivity index (χ1n) is 15.9. The van der Waals surface area contributed by atoms with Crippen molar-refractivity contribution in [3.63, 3.8) is 0 Å². The maximum absolute atomic E-state index is 14.7. The summed E-state index contributed by atoms with van der Waals surface area (Å²) < 4.78 is 56.2. The lowest BCUT2D eigenvalue weighted by atomic mass is 9.96. The lowest BCUT2D eigenvalue weighted by molar-refractivity contribution is -0.107. The third-order valence-electron chi connectivity index (χ3n) is 8.50. The fourth-order valence-electron chi connectivity index (χ4n) is 5.91. The Hall–Kier alpha value is -3.39. The second kappa shape index (κ2) is 17.8. The Morgan fingerprint density at radius 2 is 1.77 bits per heavy atom. The second-order valence-electron chi connectivity index (χ2n) is 11.9. The van der Waals surface area contributed by atoms with Crippen LogP contribution in [0.2, 0.25) is 5.02 Å². The highest BCUT2D eigenvalue weighted by molar-refractivity contribution is 7.91. The van der Waals surface area contributed by atoms with E-state index in [1.807, 2.05) is 0 Å². The third kappa shape index (κ3) is 9.61. The molecule has 0 N–H and O–H groups in total. The van der Waals surface area contributed by atoms with Gasteiger partial charge in [0, 0.05) is 68.1 Å². The monoisotopic (exact) mass is 709 g/mol. The number of aldehydes is 1. The normalized spacial score (nSPS) is 21.0. The number of halogens is 3. The Kier molecular flexibility index (Phi) is 14.5. The molecule has 14 heteroatoms. The van der Waals surface area contributed by atoms with Crippen molar-refractivity contribution in [3.05, 3.63) is 59.1 Å². The standard InChI is InChI=1S/C24H27ClF2N4O2.C7H15NO2S.C3H4O/c1-14-12-31(15(2)11-29(14)4)24(28-3)18-10-19(25)21(17-6-5-16(26)9-20(17)27)23-22(18)30(13-32)7-8-33-23;1-2-3-8-4-6-11(9,10)7-5-8;1-2-3-4/h5-6,9-10,13-15H,7-8,11-12H2,1-4H3;2-7H2,1H3;2-3H,1H2/t14-,15+;;/m1../s1. The number of anilines is 1. The molecule has 3 aliphatic rings. The van der Waals surface area contributed by atoms with Gasteiger partial charge in [-0.15, -0.1) is 0 Å². The van der Waals surface area contributed by atoms with Gasteiger partial charge in [-0.2, -0.15) is 0 Å². The molecule has 3 heterocycles. The van der Waals surface area contributed by atoms with E-state index in [-0.39, 0.29) is 34.5 Å². The lowest BCUT2D eigenvalue weighted by Crippen LogP contribution is -2.57. The van der Waals surface area contributed by atoms with Crippen molar-refractivity contribution >= 4 is 45.7 Å². The van der Waals surface area contributed by atoms with Crippen molar-refractivity contribution in [3.8, 4) is 16.9 Å². The zero-order chi connectivity index (χ0) is 35.6. The molecule has 0 saturated carbocycles. The number of hydrogen-bond acceptors (Lipinski definition) is 8. The molecule has 10 nitrogen and oxygen atoms in total. The van der Waals surface area contributed by atoms with E-state index in [9.17, 15) is 22.0 Å². The topological polar surface area (TPSA) is 103 Å². The largest absolute Gasteiger partial charge is 0.489 e. The van der Waals surface area contributed by atoms with Gasteiger partial charge in [0.1, 0.15) is 30.4 Å². The lowest BCUT2D eigenvalue weighted by Gasteiger charge is -2.44. The number of carbonyl (C=O) groups excluding carboxylic acids is 2. The maximum Gasteiger partial charge on any atom is 0.214 e. The van der Waals surface area contributed by atoms with E-state index in [0.29, 0.717) is 47.5 Å². The highest BCUT2D eigenvalue weighted by Crippen LogP contribution is 2.48. The van der Waals surface area contributed by atoms with E-state index in [2.05, 4.69) is 54.1 Å². The first-order chi connectivity index (χ1) is 22.8. The highest BCUT2D eigenvalue weighted by atomic mass is 35.5. The molecule has 2 fully saturated rings. The van der Waals surface area contributed by atoms with Crippen LogP contribution in [0, 0.1) is 11.6 Å². The van der Waals surface area contributed by atoms with Crippen molar-refractivity contribution in [2.75, 3.05) is 76.4 Å². The highest BCUT2D eigenvalue weighted by Gasteiger charge is 2.35. The number of rotatable bonds is 6. The van der Waals surface area contributed by atoms with Gasteiger partial charge in [0.15, 0.2) is 15.6 Å². The zero-order valence-electron chi connectivity index (χ0n) is 28.3. The van der Waals surface area contributed by atoms with Crippen LogP contribution < -0.4 is 9.64 Å². The minimum atomic E-state index is -2.68. The van der Waals surface area contributed by atoms with Crippen molar-refractivity contribution in [1.29, 1.82) is 0 Å². The minimum absolute atomic E-state index is 0.105. The molecule has 2 saturated heterocycles. The predicted molar refractivity (Wildman–Crippen MR) is 188 cm³/mol. The molecule has 2 aromatic rings. The van der Waals surface area contributed by atoms with Crippen LogP contribution in [0.3, 0.4) is 0 Å². The van der Waals surface area contributed by atoms with Crippen LogP contribution in [0.5, 0.6) is 5.75 Å². The molecule has 0 radical (unpaired) electrons. The van der Waals surface area contributed by atoms with Crippen LogP contribution in [-0.4, -0.2) is 125 Å². The number of benzene rings is 2. The Balaban J connectivity index is 0.000000346. The number of fused-ring (bicyclic) bond motifs is 1. The average Bonchev–Trinajstić information content (AvgIpc) is 3.05. The summed E-state index contributed by atoms with van der Waals surface area (Å²) in [5, 5.41) is 0.234. The molecular formula is C34H46ClF2N5O5S. The number of sulfone groups is 1. The van der Waals surface area contributed by atoms with Gasteiger partial charge in [0.25, 0.3) is 0 Å². The molecular weight excluding hydrogens is 664 g/mol. The summed E-state index contributed by atoms with van der Waals surface area (Å²) in [6.45, 7) is 14.2. The SMILES string of the molecule is C=CC=O.CCCN1CCS(=O)(=O)CC1.CN=C(c1cc(Cl)c(-c2ccc(F)cc2F)c2c1N(C=O)CCO2)N1C[C@@H](C)N(C)C[C@@H]1C. The molecule has 0 aromatic heterocycles. The fraction of sp³-hybridized carbons (Fsp3) is 0.500. The minimum Gasteiger partial charge on any atom is -0.489 e. The van der Waals surface area contributed by atoms with Crippen molar-refractivity contribution < 1.29 is 31.5 Å². The van der Waals surface area contributed by atoms with Gasteiger partial charge in [0.05, 0.1) is 28.8 Å². The molecule has 0 aliphatic carbocycles. The van der Waals surface area contributed by atoms with Gasteiger partial charge < -0.3 is 19.4 Å². The summed E-state index contributed by atoms with van der Waals surface area (Å²) in [7, 11) is 1.12. The molecule has 48 heavy (non-hydrogen) atoms. The summed E-state index contributed by atoms with van der Waals surface area (Å²) in [5.41, 5.74) is 1.51. The van der Waals surface area contributed by atoms with Gasteiger partial charge in [-0.25, -0.2) is 17.2 Å². The number of hydrogen-bond donors (Lipinski definition) is 0. The summed E-state index contributed by atoms with van der Waals surface area (Å²) >= 11 is 6.70. The van der Waals surface area contributed by atoms with Crippen LogP contribution >= 0.6 is 11.6 Å². The van der Waals surface area contributed by atoms with E-state index in [1.165, 1.54) is 23.1 Å². The Labute approximate surface area is 287 Å². The smallest absolute Gasteiger partial charge is 0.214 e. The molecule has 1 amide bonds. The Morgan fingerprint density at radius 3 is 2.33 bits per heavy atom. The molecule has 5 rings (SSSR count). The van der Waals surface area contributed by atoms with Gasteiger partial charge in [0.2, 0.25) is 6.41 Å². The van der Waals surface area contributed by atoms with Crippen LogP contribution in [0.1, 0.15) is 32.8 Å². The van der Waals surface area contributed by atoms with Crippen LogP contribution in [0.25, 0.3) is 11.1 Å². The third-order valence-corrected chi connectivity index (χ3v) is 10.4. The number of ether oxygens (including phenoxy) is 1. The predicted octanol–water partition coefficient (Wildman–Crippen LogP) is 4.54. The van der Waals surface area contributed by atoms with Crippen LogP contribution in [0.4, 0.5) is 14.5 Å². The Bertz CT molecular complexity index is 1570. The first kappa shape index (κ1) is 39.1. The van der Waals surface area contributed by atoms with Gasteiger partial charge in [-0.05, 0) is 58.1 Å². The van der Waals surface area contributed by atoms with Crippen LogP contribution in [0.15, 0.2) is 41.9 Å². The molecule has 264 valence electrons. The number of nitrogens with zero attached hydrogens (tertiary/aromatic N) is 5. The molecule has 0 bridgehead atoms. The quantitative estimate of drug-likeness (QED) is 0.187. The van der Waals surface area contributed by atoms with E-state index in [4.69, 9.17) is 21.1 Å².